The van der Waals surface area contributed by atoms with Crippen LogP contribution >= 0.6 is 11.6 Å². The molecule has 1 fully saturated rings. The molecule has 1 aliphatic heterocycles. The largest absolute Gasteiger partial charge is 0.493 e. The van der Waals surface area contributed by atoms with Gasteiger partial charge in [0.25, 0.3) is 5.91 Å². The number of benzene rings is 3. The Bertz CT molecular complexity index is 1160. The van der Waals surface area contributed by atoms with Gasteiger partial charge in [0, 0.05) is 10.6 Å². The molecule has 7 heteroatoms. The number of urea groups is 1. The van der Waals surface area contributed by atoms with Crippen LogP contribution in [0.3, 0.4) is 0 Å². The van der Waals surface area contributed by atoms with Crippen molar-refractivity contribution in [2.24, 2.45) is 0 Å². The van der Waals surface area contributed by atoms with Crippen molar-refractivity contribution in [1.82, 2.24) is 10.2 Å². The van der Waals surface area contributed by atoms with Gasteiger partial charge in [-0.1, -0.05) is 66.2 Å². The molecular weight excluding hydrogens is 428 g/mol. The third-order valence-electron chi connectivity index (χ3n) is 4.97. The van der Waals surface area contributed by atoms with E-state index >= 15 is 0 Å². The van der Waals surface area contributed by atoms with E-state index in [1.807, 2.05) is 42.5 Å². The summed E-state index contributed by atoms with van der Waals surface area (Å²) in [5, 5.41) is 3.30. The smallest absolute Gasteiger partial charge is 0.329 e. The van der Waals surface area contributed by atoms with Crippen LogP contribution in [0.1, 0.15) is 16.7 Å². The molecule has 0 saturated carbocycles. The maximum Gasteiger partial charge on any atom is 0.329 e. The highest BCUT2D eigenvalue weighted by Gasteiger charge is 2.33. The summed E-state index contributed by atoms with van der Waals surface area (Å²) < 4.78 is 11.5. The molecule has 1 saturated heterocycles. The molecule has 0 aliphatic carbocycles. The predicted octanol–water partition coefficient (Wildman–Crippen LogP) is 5.02. The van der Waals surface area contributed by atoms with Crippen molar-refractivity contribution in [2.45, 2.75) is 13.2 Å². The molecule has 0 radical (unpaired) electrons. The van der Waals surface area contributed by atoms with Crippen molar-refractivity contribution in [3.63, 3.8) is 0 Å². The summed E-state index contributed by atoms with van der Waals surface area (Å²) in [6.07, 6.45) is 1.60. The lowest BCUT2D eigenvalue weighted by Crippen LogP contribution is -2.30. The van der Waals surface area contributed by atoms with Crippen molar-refractivity contribution >= 4 is 29.6 Å². The molecule has 1 heterocycles. The maximum atomic E-state index is 12.9. The first-order valence-corrected chi connectivity index (χ1v) is 10.4. The number of carbonyl (C=O) groups is 2. The monoisotopic (exact) mass is 448 g/mol. The minimum Gasteiger partial charge on any atom is -0.493 e. The highest BCUT2D eigenvalue weighted by atomic mass is 35.5. The minimum atomic E-state index is -0.461. The third-order valence-corrected chi connectivity index (χ3v) is 5.22. The average molecular weight is 449 g/mol. The minimum absolute atomic E-state index is 0.176. The number of para-hydroxylation sites is 1. The topological polar surface area (TPSA) is 67.9 Å². The second-order valence-electron chi connectivity index (χ2n) is 7.16. The van der Waals surface area contributed by atoms with Crippen LogP contribution in [0.15, 0.2) is 78.5 Å². The zero-order valence-electron chi connectivity index (χ0n) is 17.4. The Kier molecular flexibility index (Phi) is 6.42. The van der Waals surface area contributed by atoms with Crippen LogP contribution in [-0.2, 0) is 17.9 Å². The van der Waals surface area contributed by atoms with E-state index in [0.717, 1.165) is 11.1 Å². The lowest BCUT2D eigenvalue weighted by atomic mass is 10.1. The van der Waals surface area contributed by atoms with E-state index < -0.39 is 11.9 Å². The highest BCUT2D eigenvalue weighted by Crippen LogP contribution is 2.34. The molecule has 0 atom stereocenters. The molecule has 0 bridgehead atoms. The summed E-state index contributed by atoms with van der Waals surface area (Å²) >= 11 is 5.95. The number of methoxy groups -OCH3 is 1. The zero-order valence-corrected chi connectivity index (χ0v) is 18.1. The van der Waals surface area contributed by atoms with Crippen molar-refractivity contribution in [3.05, 3.63) is 100 Å². The fraction of sp³-hybridized carbons (Fsp3) is 0.120. The van der Waals surface area contributed by atoms with Gasteiger partial charge in [0.15, 0.2) is 11.5 Å². The number of hydrogen-bond donors (Lipinski definition) is 1. The van der Waals surface area contributed by atoms with Gasteiger partial charge in [0.05, 0.1) is 13.7 Å². The van der Waals surface area contributed by atoms with Crippen molar-refractivity contribution < 1.29 is 19.1 Å². The van der Waals surface area contributed by atoms with Crippen molar-refractivity contribution in [1.29, 1.82) is 0 Å². The number of hydrogen-bond acceptors (Lipinski definition) is 4. The summed E-state index contributed by atoms with van der Waals surface area (Å²) in [5.41, 5.74) is 2.59. The standard InChI is InChI=1S/C25H21ClN2O4/c1-31-22-9-5-8-19(23(22)32-16-18-10-12-20(26)13-11-18)14-21-24(29)28(25(30)27-21)15-17-6-3-2-4-7-17/h2-14H,15-16H2,1H3,(H,27,30)/b21-14+. The summed E-state index contributed by atoms with van der Waals surface area (Å²) in [7, 11) is 1.55. The number of nitrogens with one attached hydrogen (secondary N) is 1. The number of amides is 3. The molecule has 4 rings (SSSR count). The fourth-order valence-electron chi connectivity index (χ4n) is 3.33. The summed E-state index contributed by atoms with van der Waals surface area (Å²) in [5.74, 6) is 0.595. The SMILES string of the molecule is COc1cccc(/C=C2/NC(=O)N(Cc3ccccc3)C2=O)c1OCc1ccc(Cl)cc1. The van der Waals surface area contributed by atoms with Crippen LogP contribution in [0.4, 0.5) is 4.79 Å². The Balaban J connectivity index is 1.58. The van der Waals surface area contributed by atoms with E-state index in [1.165, 1.54) is 4.90 Å². The first-order valence-electron chi connectivity index (χ1n) is 9.98. The van der Waals surface area contributed by atoms with E-state index in [9.17, 15) is 9.59 Å². The Morgan fingerprint density at radius 3 is 2.41 bits per heavy atom. The molecule has 1 N–H and O–H groups in total. The summed E-state index contributed by atoms with van der Waals surface area (Å²) in [6, 6.07) is 21.6. The molecule has 1 aliphatic rings. The lowest BCUT2D eigenvalue weighted by molar-refractivity contribution is -0.123. The molecule has 6 nitrogen and oxygen atoms in total. The van der Waals surface area contributed by atoms with Gasteiger partial charge < -0.3 is 14.8 Å². The van der Waals surface area contributed by atoms with Gasteiger partial charge in [-0.05, 0) is 35.4 Å². The molecule has 3 amide bonds. The van der Waals surface area contributed by atoms with Crippen LogP contribution in [-0.4, -0.2) is 23.9 Å². The average Bonchev–Trinajstić information content (AvgIpc) is 3.07. The molecule has 0 aromatic heterocycles. The first-order chi connectivity index (χ1) is 15.5. The number of carbonyl (C=O) groups excluding carboxylic acids is 2. The van der Waals surface area contributed by atoms with Crippen LogP contribution in [0, 0.1) is 0 Å². The molecule has 0 spiro atoms. The Morgan fingerprint density at radius 2 is 1.69 bits per heavy atom. The molecule has 32 heavy (non-hydrogen) atoms. The molecule has 0 unspecified atom stereocenters. The predicted molar refractivity (Wildman–Crippen MR) is 122 cm³/mol. The van der Waals surface area contributed by atoms with E-state index in [1.54, 1.807) is 43.5 Å². The van der Waals surface area contributed by atoms with Crippen molar-refractivity contribution in [3.8, 4) is 11.5 Å². The van der Waals surface area contributed by atoms with Gasteiger partial charge in [0.1, 0.15) is 12.3 Å². The number of halogens is 1. The van der Waals surface area contributed by atoms with Crippen LogP contribution < -0.4 is 14.8 Å². The molecular formula is C25H21ClN2O4. The van der Waals surface area contributed by atoms with Gasteiger partial charge in [-0.25, -0.2) is 4.79 Å². The molecule has 3 aromatic rings. The highest BCUT2D eigenvalue weighted by molar-refractivity contribution is 6.30. The van der Waals surface area contributed by atoms with Gasteiger partial charge in [-0.15, -0.1) is 0 Å². The van der Waals surface area contributed by atoms with Gasteiger partial charge >= 0.3 is 6.03 Å². The normalized spacial score (nSPS) is 14.6. The Hall–Kier alpha value is -3.77. The molecule has 162 valence electrons. The van der Waals surface area contributed by atoms with Gasteiger partial charge in [0.2, 0.25) is 0 Å². The van der Waals surface area contributed by atoms with Gasteiger partial charge in [-0.3, -0.25) is 9.69 Å². The van der Waals surface area contributed by atoms with E-state index in [2.05, 4.69) is 5.32 Å². The van der Waals surface area contributed by atoms with E-state index in [0.29, 0.717) is 22.1 Å². The maximum absolute atomic E-state index is 12.9. The van der Waals surface area contributed by atoms with Crippen LogP contribution in [0.2, 0.25) is 5.02 Å². The number of imide groups is 1. The van der Waals surface area contributed by atoms with Crippen LogP contribution in [0.5, 0.6) is 11.5 Å². The fourth-order valence-corrected chi connectivity index (χ4v) is 3.46. The summed E-state index contributed by atoms with van der Waals surface area (Å²) in [4.78, 5) is 26.5. The van der Waals surface area contributed by atoms with Crippen LogP contribution in [0.25, 0.3) is 6.08 Å². The number of nitrogens with zero attached hydrogens (tertiary/aromatic N) is 1. The second-order valence-corrected chi connectivity index (χ2v) is 7.60. The zero-order chi connectivity index (χ0) is 22.5. The first kappa shape index (κ1) is 21.5. The number of rotatable bonds is 7. The van der Waals surface area contributed by atoms with E-state index in [-0.39, 0.29) is 18.8 Å². The molecule has 3 aromatic carbocycles. The third kappa shape index (κ3) is 4.76. The Morgan fingerprint density at radius 1 is 0.938 bits per heavy atom. The lowest BCUT2D eigenvalue weighted by Gasteiger charge is -2.14. The van der Waals surface area contributed by atoms with Gasteiger partial charge in [-0.2, -0.15) is 0 Å². The summed E-state index contributed by atoms with van der Waals surface area (Å²) in [6.45, 7) is 0.481. The number of ether oxygens (including phenoxy) is 2. The second kappa shape index (κ2) is 9.58. The quantitative estimate of drug-likeness (QED) is 0.407. The Labute approximate surface area is 191 Å². The van der Waals surface area contributed by atoms with E-state index in [4.69, 9.17) is 21.1 Å². The van der Waals surface area contributed by atoms with Crippen molar-refractivity contribution in [2.75, 3.05) is 7.11 Å².